The summed E-state index contributed by atoms with van der Waals surface area (Å²) in [4.78, 5) is 32.9. The number of carbonyl (C=O) groups excluding carboxylic acids is 2. The Bertz CT molecular complexity index is 886. The quantitative estimate of drug-likeness (QED) is 0.577. The number of hydrogen-bond acceptors (Lipinski definition) is 5. The molecule has 2 aromatic rings. The highest BCUT2D eigenvalue weighted by molar-refractivity contribution is 6.05. The first-order valence-corrected chi connectivity index (χ1v) is 6.74. The molecule has 0 aliphatic heterocycles. The average Bonchev–Trinajstić information content (AvgIpc) is 2.50. The van der Waals surface area contributed by atoms with E-state index in [1.807, 2.05) is 0 Å². The zero-order valence-electron chi connectivity index (χ0n) is 12.7. The summed E-state index contributed by atoms with van der Waals surface area (Å²) in [7, 11) is 0. The van der Waals surface area contributed by atoms with E-state index in [0.29, 0.717) is 6.07 Å². The summed E-state index contributed by atoms with van der Waals surface area (Å²) in [5.74, 6) is -4.35. The van der Waals surface area contributed by atoms with Crippen molar-refractivity contribution < 1.29 is 28.4 Å². The number of phenols is 1. The van der Waals surface area contributed by atoms with E-state index in [0.717, 1.165) is 31.2 Å². The smallest absolute Gasteiger partial charge is 0.310 e. The molecule has 0 unspecified atom stereocenters. The van der Waals surface area contributed by atoms with Gasteiger partial charge in [-0.25, -0.2) is 8.78 Å². The van der Waals surface area contributed by atoms with Gasteiger partial charge in [-0.05, 0) is 18.2 Å². The zero-order chi connectivity index (χ0) is 18.7. The second-order valence-corrected chi connectivity index (χ2v) is 4.91. The van der Waals surface area contributed by atoms with Crippen molar-refractivity contribution in [2.75, 3.05) is 10.6 Å². The molecular formula is C15H11F2N3O5. The van der Waals surface area contributed by atoms with E-state index < -0.39 is 45.5 Å². The minimum absolute atomic E-state index is 0.187. The highest BCUT2D eigenvalue weighted by atomic mass is 19.1. The maximum atomic E-state index is 13.8. The number of amides is 2. The second kappa shape index (κ2) is 6.91. The van der Waals surface area contributed by atoms with E-state index in [1.54, 1.807) is 0 Å². The van der Waals surface area contributed by atoms with Crippen LogP contribution in [0.4, 0.5) is 25.8 Å². The van der Waals surface area contributed by atoms with Crippen LogP contribution in [0.3, 0.4) is 0 Å². The first-order chi connectivity index (χ1) is 11.7. The summed E-state index contributed by atoms with van der Waals surface area (Å²) in [6, 6.07) is 4.17. The van der Waals surface area contributed by atoms with Gasteiger partial charge in [-0.2, -0.15) is 0 Å². The number of halogens is 2. The number of nitro groups is 1. The summed E-state index contributed by atoms with van der Waals surface area (Å²) >= 11 is 0. The lowest BCUT2D eigenvalue weighted by Crippen LogP contribution is -2.14. The molecule has 25 heavy (non-hydrogen) atoms. The van der Waals surface area contributed by atoms with Crippen LogP contribution < -0.4 is 10.6 Å². The maximum absolute atomic E-state index is 13.8. The number of nitrogens with zero attached hydrogens (tertiary/aromatic N) is 1. The SMILES string of the molecule is CC(=O)Nc1cc(NC(=O)c2ccc([N+](=O)[O-])c(O)c2)c(F)cc1F. The fourth-order valence-electron chi connectivity index (χ4n) is 1.94. The Kier molecular flexibility index (Phi) is 4.92. The van der Waals surface area contributed by atoms with Gasteiger partial charge in [-0.15, -0.1) is 0 Å². The molecule has 0 aliphatic rings. The van der Waals surface area contributed by atoms with Gasteiger partial charge in [-0.1, -0.05) is 0 Å². The third-order valence-electron chi connectivity index (χ3n) is 3.05. The van der Waals surface area contributed by atoms with Crippen molar-refractivity contribution in [1.82, 2.24) is 0 Å². The summed E-state index contributed by atoms with van der Waals surface area (Å²) in [5, 5.41) is 24.4. The summed E-state index contributed by atoms with van der Waals surface area (Å²) in [5.41, 5.74) is -1.55. The van der Waals surface area contributed by atoms with Gasteiger partial charge in [0, 0.05) is 24.6 Å². The summed E-state index contributed by atoms with van der Waals surface area (Å²) < 4.78 is 27.3. The van der Waals surface area contributed by atoms with E-state index in [4.69, 9.17) is 0 Å². The van der Waals surface area contributed by atoms with Gasteiger partial charge in [0.1, 0.15) is 11.6 Å². The van der Waals surface area contributed by atoms with Crippen molar-refractivity contribution in [3.63, 3.8) is 0 Å². The third-order valence-corrected chi connectivity index (χ3v) is 3.05. The molecule has 130 valence electrons. The van der Waals surface area contributed by atoms with Crippen molar-refractivity contribution in [2.45, 2.75) is 6.92 Å². The molecule has 0 heterocycles. The van der Waals surface area contributed by atoms with Crippen LogP contribution in [0.5, 0.6) is 5.75 Å². The lowest BCUT2D eigenvalue weighted by molar-refractivity contribution is -0.385. The number of aromatic hydroxyl groups is 1. The monoisotopic (exact) mass is 351 g/mol. The van der Waals surface area contributed by atoms with E-state index in [2.05, 4.69) is 10.6 Å². The van der Waals surface area contributed by atoms with Crippen molar-refractivity contribution in [1.29, 1.82) is 0 Å². The van der Waals surface area contributed by atoms with Crippen LogP contribution in [0.15, 0.2) is 30.3 Å². The molecule has 0 bridgehead atoms. The highest BCUT2D eigenvalue weighted by Gasteiger charge is 2.18. The molecule has 10 heteroatoms. The Morgan fingerprint density at radius 1 is 1.08 bits per heavy atom. The van der Waals surface area contributed by atoms with Crippen LogP contribution in [0, 0.1) is 21.7 Å². The Morgan fingerprint density at radius 3 is 2.20 bits per heavy atom. The summed E-state index contributed by atoms with van der Waals surface area (Å²) in [6.45, 7) is 1.13. The van der Waals surface area contributed by atoms with Crippen LogP contribution in [0.25, 0.3) is 0 Å². The molecular weight excluding hydrogens is 340 g/mol. The molecule has 0 saturated carbocycles. The predicted octanol–water partition coefficient (Wildman–Crippen LogP) is 2.79. The number of nitro benzene ring substituents is 1. The first kappa shape index (κ1) is 17.8. The molecule has 2 rings (SSSR count). The minimum Gasteiger partial charge on any atom is -0.502 e. The zero-order valence-corrected chi connectivity index (χ0v) is 12.7. The molecule has 8 nitrogen and oxygen atoms in total. The molecule has 0 fully saturated rings. The number of phenolic OH excluding ortho intramolecular Hbond substituents is 1. The van der Waals surface area contributed by atoms with E-state index in [1.165, 1.54) is 0 Å². The Balaban J connectivity index is 2.30. The van der Waals surface area contributed by atoms with Crippen molar-refractivity contribution in [2.24, 2.45) is 0 Å². The van der Waals surface area contributed by atoms with Gasteiger partial charge < -0.3 is 15.7 Å². The number of benzene rings is 2. The second-order valence-electron chi connectivity index (χ2n) is 4.91. The van der Waals surface area contributed by atoms with Gasteiger partial charge in [0.05, 0.1) is 16.3 Å². The van der Waals surface area contributed by atoms with Gasteiger partial charge >= 0.3 is 5.69 Å². The molecule has 0 aliphatic carbocycles. The molecule has 0 atom stereocenters. The topological polar surface area (TPSA) is 122 Å². The van der Waals surface area contributed by atoms with Gasteiger partial charge in [0.25, 0.3) is 5.91 Å². The number of anilines is 2. The molecule has 0 radical (unpaired) electrons. The molecule has 2 aromatic carbocycles. The average molecular weight is 351 g/mol. The molecule has 0 aromatic heterocycles. The third kappa shape index (κ3) is 4.05. The first-order valence-electron chi connectivity index (χ1n) is 6.74. The Morgan fingerprint density at radius 2 is 1.68 bits per heavy atom. The van der Waals surface area contributed by atoms with Crippen LogP contribution in [-0.4, -0.2) is 21.8 Å². The normalized spacial score (nSPS) is 10.2. The maximum Gasteiger partial charge on any atom is 0.310 e. The van der Waals surface area contributed by atoms with Crippen molar-refractivity contribution in [3.8, 4) is 5.75 Å². The standard InChI is InChI=1S/C15H11F2N3O5/c1-7(21)18-11-6-12(10(17)5-9(11)16)19-15(23)8-2-3-13(20(24)25)14(22)4-8/h2-6,22H,1H3,(H,18,21)(H,19,23). The molecule has 0 spiro atoms. The van der Waals surface area contributed by atoms with Gasteiger partial charge in [-0.3, -0.25) is 19.7 Å². The fourth-order valence-corrected chi connectivity index (χ4v) is 1.94. The minimum atomic E-state index is -1.09. The largest absolute Gasteiger partial charge is 0.502 e. The van der Waals surface area contributed by atoms with Crippen LogP contribution in [0.2, 0.25) is 0 Å². The van der Waals surface area contributed by atoms with Crippen LogP contribution in [0.1, 0.15) is 17.3 Å². The number of nitrogens with one attached hydrogen (secondary N) is 2. The van der Waals surface area contributed by atoms with Crippen LogP contribution >= 0.6 is 0 Å². The van der Waals surface area contributed by atoms with E-state index in [-0.39, 0.29) is 11.3 Å². The van der Waals surface area contributed by atoms with Gasteiger partial charge in [0.15, 0.2) is 5.75 Å². The van der Waals surface area contributed by atoms with Crippen LogP contribution in [-0.2, 0) is 4.79 Å². The van der Waals surface area contributed by atoms with Gasteiger partial charge in [0.2, 0.25) is 5.91 Å². The number of carbonyl (C=O) groups is 2. The molecule has 2 amide bonds. The van der Waals surface area contributed by atoms with E-state index >= 15 is 0 Å². The van der Waals surface area contributed by atoms with E-state index in [9.17, 15) is 33.6 Å². The lowest BCUT2D eigenvalue weighted by Gasteiger charge is -2.10. The fraction of sp³-hybridized carbons (Fsp3) is 0.0667. The van der Waals surface area contributed by atoms with Crippen molar-refractivity contribution in [3.05, 3.63) is 57.6 Å². The summed E-state index contributed by atoms with van der Waals surface area (Å²) in [6.07, 6.45) is 0. The Labute approximate surface area is 139 Å². The number of hydrogen-bond donors (Lipinski definition) is 3. The highest BCUT2D eigenvalue weighted by Crippen LogP contribution is 2.28. The molecule has 0 saturated heterocycles. The lowest BCUT2D eigenvalue weighted by atomic mass is 10.1. The molecule has 3 N–H and O–H groups in total. The Hall–Kier alpha value is -3.56. The van der Waals surface area contributed by atoms with Crippen molar-refractivity contribution >= 4 is 28.9 Å². The predicted molar refractivity (Wildman–Crippen MR) is 83.4 cm³/mol. The number of rotatable bonds is 4.